The topological polar surface area (TPSA) is 58.4 Å². The van der Waals surface area contributed by atoms with Crippen molar-refractivity contribution in [1.29, 1.82) is 0 Å². The van der Waals surface area contributed by atoms with E-state index >= 15 is 0 Å². The van der Waals surface area contributed by atoms with Gasteiger partial charge in [-0.3, -0.25) is 4.79 Å². The summed E-state index contributed by atoms with van der Waals surface area (Å²) in [6.07, 6.45) is 6.93. The number of hydrogen-bond acceptors (Lipinski definition) is 3. The average Bonchev–Trinajstić information content (AvgIpc) is 2.38. The normalized spacial score (nSPS) is 27.2. The van der Waals surface area contributed by atoms with Gasteiger partial charge in [-0.2, -0.15) is 0 Å². The lowest BCUT2D eigenvalue weighted by atomic mass is 9.92. The van der Waals surface area contributed by atoms with Gasteiger partial charge in [-0.25, -0.2) is 0 Å². The second-order valence-electron chi connectivity index (χ2n) is 5.96. The molecule has 2 aliphatic rings. The van der Waals surface area contributed by atoms with Crippen LogP contribution in [0.5, 0.6) is 0 Å². The van der Waals surface area contributed by atoms with E-state index in [1.165, 1.54) is 38.9 Å². The van der Waals surface area contributed by atoms with Crippen LogP contribution in [-0.2, 0) is 4.79 Å². The maximum atomic E-state index is 10.9. The molecule has 1 atom stereocenters. The summed E-state index contributed by atoms with van der Waals surface area (Å²) < 4.78 is 0. The molecule has 3 N–H and O–H groups in total. The quantitative estimate of drug-likeness (QED) is 0.767. The molecule has 2 saturated heterocycles. The first-order valence-corrected chi connectivity index (χ1v) is 7.45. The van der Waals surface area contributed by atoms with Gasteiger partial charge in [0.25, 0.3) is 0 Å². The van der Waals surface area contributed by atoms with E-state index in [9.17, 15) is 4.79 Å². The molecule has 0 aromatic rings. The Bertz CT molecular complexity index is 256. The molecule has 0 aliphatic carbocycles. The van der Waals surface area contributed by atoms with Crippen molar-refractivity contribution in [2.24, 2.45) is 17.6 Å². The molecule has 4 heteroatoms. The molecule has 2 rings (SSSR count). The number of piperidine rings is 2. The van der Waals surface area contributed by atoms with Gasteiger partial charge in [0.15, 0.2) is 0 Å². The zero-order chi connectivity index (χ0) is 12.8. The molecule has 4 nitrogen and oxygen atoms in total. The second kappa shape index (κ2) is 7.10. The monoisotopic (exact) mass is 253 g/mol. The van der Waals surface area contributed by atoms with Crippen molar-refractivity contribution in [2.75, 3.05) is 32.7 Å². The van der Waals surface area contributed by atoms with E-state index in [1.54, 1.807) is 0 Å². The fourth-order valence-corrected chi connectivity index (χ4v) is 3.23. The standard InChI is InChI=1S/C14H27N3O/c15-14(18)10-12-3-7-17(8-4-12)9-5-13-2-1-6-16-11-13/h12-13,16H,1-11H2,(H2,15,18). The molecule has 2 aliphatic heterocycles. The van der Waals surface area contributed by atoms with E-state index in [4.69, 9.17) is 5.73 Å². The van der Waals surface area contributed by atoms with Crippen LogP contribution in [0.15, 0.2) is 0 Å². The molecular formula is C14H27N3O. The van der Waals surface area contributed by atoms with E-state index in [1.807, 2.05) is 0 Å². The molecule has 2 fully saturated rings. The summed E-state index contributed by atoms with van der Waals surface area (Å²) in [5, 5.41) is 3.48. The highest BCUT2D eigenvalue weighted by Gasteiger charge is 2.21. The number of nitrogens with two attached hydrogens (primary N) is 1. The molecule has 104 valence electrons. The molecule has 0 radical (unpaired) electrons. The maximum Gasteiger partial charge on any atom is 0.217 e. The van der Waals surface area contributed by atoms with Gasteiger partial charge < -0.3 is 16.0 Å². The molecule has 1 unspecified atom stereocenters. The highest BCUT2D eigenvalue weighted by atomic mass is 16.1. The van der Waals surface area contributed by atoms with E-state index in [-0.39, 0.29) is 5.91 Å². The summed E-state index contributed by atoms with van der Waals surface area (Å²) in [5.41, 5.74) is 5.25. The first-order valence-electron chi connectivity index (χ1n) is 7.45. The van der Waals surface area contributed by atoms with Crippen LogP contribution in [0.3, 0.4) is 0 Å². The second-order valence-corrected chi connectivity index (χ2v) is 5.96. The Hall–Kier alpha value is -0.610. The number of amides is 1. The molecule has 0 aromatic heterocycles. The Balaban J connectivity index is 1.59. The van der Waals surface area contributed by atoms with Gasteiger partial charge in [0, 0.05) is 6.42 Å². The third kappa shape index (κ3) is 4.58. The molecule has 0 bridgehead atoms. The Morgan fingerprint density at radius 1 is 1.22 bits per heavy atom. The molecule has 2 heterocycles. The van der Waals surface area contributed by atoms with Crippen LogP contribution in [0, 0.1) is 11.8 Å². The van der Waals surface area contributed by atoms with Gasteiger partial charge in [0.2, 0.25) is 5.91 Å². The van der Waals surface area contributed by atoms with Gasteiger partial charge in [0.05, 0.1) is 0 Å². The zero-order valence-corrected chi connectivity index (χ0v) is 11.4. The van der Waals surface area contributed by atoms with Crippen LogP contribution >= 0.6 is 0 Å². The number of primary amides is 1. The minimum Gasteiger partial charge on any atom is -0.370 e. The summed E-state index contributed by atoms with van der Waals surface area (Å²) in [4.78, 5) is 13.4. The fourth-order valence-electron chi connectivity index (χ4n) is 3.23. The van der Waals surface area contributed by atoms with E-state index < -0.39 is 0 Å². The summed E-state index contributed by atoms with van der Waals surface area (Å²) in [5.74, 6) is 1.28. The highest BCUT2D eigenvalue weighted by Crippen LogP contribution is 2.21. The van der Waals surface area contributed by atoms with Crippen LogP contribution in [0.25, 0.3) is 0 Å². The highest BCUT2D eigenvalue weighted by molar-refractivity contribution is 5.73. The lowest BCUT2D eigenvalue weighted by Crippen LogP contribution is -2.38. The van der Waals surface area contributed by atoms with E-state index in [2.05, 4.69) is 10.2 Å². The molecular weight excluding hydrogens is 226 g/mol. The number of hydrogen-bond donors (Lipinski definition) is 2. The van der Waals surface area contributed by atoms with Crippen LogP contribution < -0.4 is 11.1 Å². The SMILES string of the molecule is NC(=O)CC1CCN(CCC2CCCNC2)CC1. The van der Waals surface area contributed by atoms with Crippen molar-refractivity contribution >= 4 is 5.91 Å². The Labute approximate surface area is 110 Å². The molecule has 0 spiro atoms. The van der Waals surface area contributed by atoms with Gasteiger partial charge in [-0.15, -0.1) is 0 Å². The molecule has 18 heavy (non-hydrogen) atoms. The summed E-state index contributed by atoms with van der Waals surface area (Å²) in [7, 11) is 0. The lowest BCUT2D eigenvalue weighted by Gasteiger charge is -2.33. The predicted molar refractivity (Wildman–Crippen MR) is 73.2 cm³/mol. The third-order valence-electron chi connectivity index (χ3n) is 4.45. The fraction of sp³-hybridized carbons (Fsp3) is 0.929. The van der Waals surface area contributed by atoms with Crippen LogP contribution in [-0.4, -0.2) is 43.5 Å². The van der Waals surface area contributed by atoms with Crippen molar-refractivity contribution in [1.82, 2.24) is 10.2 Å². The first kappa shape index (κ1) is 13.8. The number of carbonyl (C=O) groups is 1. The van der Waals surface area contributed by atoms with Crippen molar-refractivity contribution in [3.63, 3.8) is 0 Å². The number of carbonyl (C=O) groups excluding carboxylic acids is 1. The van der Waals surface area contributed by atoms with E-state index in [0.29, 0.717) is 12.3 Å². The lowest BCUT2D eigenvalue weighted by molar-refractivity contribution is -0.119. The number of rotatable bonds is 5. The first-order chi connectivity index (χ1) is 8.74. The van der Waals surface area contributed by atoms with Crippen LogP contribution in [0.1, 0.15) is 38.5 Å². The number of likely N-dealkylation sites (tertiary alicyclic amines) is 1. The smallest absolute Gasteiger partial charge is 0.217 e. The zero-order valence-electron chi connectivity index (χ0n) is 11.4. The summed E-state index contributed by atoms with van der Waals surface area (Å²) in [6.45, 7) is 5.94. The Kier molecular flexibility index (Phi) is 5.45. The third-order valence-corrected chi connectivity index (χ3v) is 4.45. The van der Waals surface area contributed by atoms with Gasteiger partial charge >= 0.3 is 0 Å². The average molecular weight is 253 g/mol. The van der Waals surface area contributed by atoms with Gasteiger partial charge in [-0.1, -0.05) is 0 Å². The largest absolute Gasteiger partial charge is 0.370 e. The van der Waals surface area contributed by atoms with Crippen LogP contribution in [0.4, 0.5) is 0 Å². The molecule has 0 aromatic carbocycles. The molecule has 1 amide bonds. The van der Waals surface area contributed by atoms with E-state index in [0.717, 1.165) is 31.8 Å². The number of nitrogens with one attached hydrogen (secondary N) is 1. The van der Waals surface area contributed by atoms with Crippen molar-refractivity contribution < 1.29 is 4.79 Å². The van der Waals surface area contributed by atoms with Crippen LogP contribution in [0.2, 0.25) is 0 Å². The maximum absolute atomic E-state index is 10.9. The summed E-state index contributed by atoms with van der Waals surface area (Å²) >= 11 is 0. The minimum atomic E-state index is -0.137. The molecule has 0 saturated carbocycles. The Morgan fingerprint density at radius 3 is 2.61 bits per heavy atom. The summed E-state index contributed by atoms with van der Waals surface area (Å²) in [6, 6.07) is 0. The van der Waals surface area contributed by atoms with Gasteiger partial charge in [0.1, 0.15) is 0 Å². The van der Waals surface area contributed by atoms with Crippen molar-refractivity contribution in [2.45, 2.75) is 38.5 Å². The van der Waals surface area contributed by atoms with Gasteiger partial charge in [-0.05, 0) is 76.7 Å². The Morgan fingerprint density at radius 2 is 2.00 bits per heavy atom. The van der Waals surface area contributed by atoms with Crippen molar-refractivity contribution in [3.8, 4) is 0 Å². The predicted octanol–water partition coefficient (Wildman–Crippen LogP) is 0.963. The minimum absolute atomic E-state index is 0.137. The van der Waals surface area contributed by atoms with Crippen molar-refractivity contribution in [3.05, 3.63) is 0 Å². The number of nitrogens with zero attached hydrogens (tertiary/aromatic N) is 1.